The highest BCUT2D eigenvalue weighted by molar-refractivity contribution is 5.81. The van der Waals surface area contributed by atoms with Crippen molar-refractivity contribution in [2.75, 3.05) is 13.2 Å². The molecule has 0 aromatic rings. The molecule has 88 valence electrons. The Morgan fingerprint density at radius 3 is 2.60 bits per heavy atom. The summed E-state index contributed by atoms with van der Waals surface area (Å²) in [6.45, 7) is 5.28. The second-order valence-corrected chi connectivity index (χ2v) is 4.18. The smallest absolute Gasteiger partial charge is 0.249 e. The average molecular weight is 214 g/mol. The number of nitrogens with one attached hydrogen (secondary N) is 1. The molecule has 1 fully saturated rings. The van der Waals surface area contributed by atoms with Crippen molar-refractivity contribution in [1.29, 1.82) is 0 Å². The lowest BCUT2D eigenvalue weighted by Gasteiger charge is -2.32. The van der Waals surface area contributed by atoms with Crippen LogP contribution in [0.2, 0.25) is 0 Å². The van der Waals surface area contributed by atoms with Gasteiger partial charge in [0, 0.05) is 13.2 Å². The molecule has 0 saturated carbocycles. The number of amides is 1. The number of hydrogen-bond donors (Lipinski definition) is 2. The zero-order valence-corrected chi connectivity index (χ0v) is 9.71. The van der Waals surface area contributed by atoms with E-state index in [-0.39, 0.29) is 17.6 Å². The number of rotatable bonds is 5. The molecule has 1 aliphatic heterocycles. The predicted octanol–water partition coefficient (Wildman–Crippen LogP) is 0.799. The lowest BCUT2D eigenvalue weighted by Crippen LogP contribution is -2.55. The SMILES string of the molecule is CCC(CC)(CN)NC(=O)[C@H]1CCCO1. The van der Waals surface area contributed by atoms with Gasteiger partial charge in [0.1, 0.15) is 6.10 Å². The third-order valence-electron chi connectivity index (χ3n) is 3.35. The number of hydrogen-bond acceptors (Lipinski definition) is 3. The second-order valence-electron chi connectivity index (χ2n) is 4.18. The van der Waals surface area contributed by atoms with Crippen molar-refractivity contribution in [3.63, 3.8) is 0 Å². The van der Waals surface area contributed by atoms with E-state index in [1.165, 1.54) is 0 Å². The maximum Gasteiger partial charge on any atom is 0.249 e. The molecular formula is C11H22N2O2. The largest absolute Gasteiger partial charge is 0.368 e. The molecule has 4 heteroatoms. The second kappa shape index (κ2) is 5.47. The molecule has 1 heterocycles. The zero-order chi connectivity index (χ0) is 11.3. The van der Waals surface area contributed by atoms with Crippen LogP contribution in [0.15, 0.2) is 0 Å². The summed E-state index contributed by atoms with van der Waals surface area (Å²) in [7, 11) is 0. The molecule has 0 bridgehead atoms. The van der Waals surface area contributed by atoms with Gasteiger partial charge in [-0.2, -0.15) is 0 Å². The fraction of sp³-hybridized carbons (Fsp3) is 0.909. The summed E-state index contributed by atoms with van der Waals surface area (Å²) in [5.41, 5.74) is 5.47. The summed E-state index contributed by atoms with van der Waals surface area (Å²) in [5.74, 6) is 0.00153. The van der Waals surface area contributed by atoms with Crippen molar-refractivity contribution in [1.82, 2.24) is 5.32 Å². The van der Waals surface area contributed by atoms with Crippen LogP contribution in [0.5, 0.6) is 0 Å². The van der Waals surface area contributed by atoms with E-state index in [2.05, 4.69) is 5.32 Å². The van der Waals surface area contributed by atoms with Crippen molar-refractivity contribution in [3.05, 3.63) is 0 Å². The summed E-state index contributed by atoms with van der Waals surface area (Å²) in [6.07, 6.45) is 3.28. The van der Waals surface area contributed by atoms with Crippen molar-refractivity contribution in [2.24, 2.45) is 5.73 Å². The number of carbonyl (C=O) groups excluding carboxylic acids is 1. The molecule has 0 spiro atoms. The summed E-state index contributed by atoms with van der Waals surface area (Å²) < 4.78 is 5.34. The maximum absolute atomic E-state index is 11.8. The van der Waals surface area contributed by atoms with Gasteiger partial charge < -0.3 is 15.8 Å². The molecule has 0 radical (unpaired) electrons. The minimum absolute atomic E-state index is 0.00153. The van der Waals surface area contributed by atoms with Crippen LogP contribution in [0.1, 0.15) is 39.5 Å². The first-order chi connectivity index (χ1) is 7.17. The van der Waals surface area contributed by atoms with Gasteiger partial charge in [0.05, 0.1) is 5.54 Å². The van der Waals surface area contributed by atoms with Crippen LogP contribution in [0, 0.1) is 0 Å². The van der Waals surface area contributed by atoms with Gasteiger partial charge in [0.25, 0.3) is 0 Å². The molecule has 1 saturated heterocycles. The normalized spacial score (nSPS) is 21.7. The Balaban J connectivity index is 2.53. The average Bonchev–Trinajstić information content (AvgIpc) is 2.79. The quantitative estimate of drug-likeness (QED) is 0.711. The van der Waals surface area contributed by atoms with Gasteiger partial charge in [-0.05, 0) is 25.7 Å². The van der Waals surface area contributed by atoms with E-state index < -0.39 is 0 Å². The topological polar surface area (TPSA) is 64.3 Å². The van der Waals surface area contributed by atoms with Gasteiger partial charge in [0.2, 0.25) is 5.91 Å². The minimum atomic E-state index is -0.256. The lowest BCUT2D eigenvalue weighted by molar-refractivity contribution is -0.132. The molecule has 1 amide bonds. The zero-order valence-electron chi connectivity index (χ0n) is 9.71. The summed E-state index contributed by atoms with van der Waals surface area (Å²) in [5, 5.41) is 3.03. The van der Waals surface area contributed by atoms with Crippen LogP contribution in [0.3, 0.4) is 0 Å². The highest BCUT2D eigenvalue weighted by Crippen LogP contribution is 2.17. The van der Waals surface area contributed by atoms with Crippen molar-refractivity contribution >= 4 is 5.91 Å². The number of ether oxygens (including phenoxy) is 1. The van der Waals surface area contributed by atoms with Gasteiger partial charge in [-0.1, -0.05) is 13.8 Å². The lowest BCUT2D eigenvalue weighted by atomic mass is 9.92. The van der Waals surface area contributed by atoms with Crippen molar-refractivity contribution < 1.29 is 9.53 Å². The Kier molecular flexibility index (Phi) is 4.54. The minimum Gasteiger partial charge on any atom is -0.368 e. The predicted molar refractivity (Wildman–Crippen MR) is 59.5 cm³/mol. The van der Waals surface area contributed by atoms with Crippen molar-refractivity contribution in [2.45, 2.75) is 51.2 Å². The molecule has 4 nitrogen and oxygen atoms in total. The molecule has 0 unspecified atom stereocenters. The Morgan fingerprint density at radius 2 is 2.20 bits per heavy atom. The van der Waals surface area contributed by atoms with Gasteiger partial charge >= 0.3 is 0 Å². The Hall–Kier alpha value is -0.610. The van der Waals surface area contributed by atoms with Crippen LogP contribution >= 0.6 is 0 Å². The number of nitrogens with two attached hydrogens (primary N) is 1. The highest BCUT2D eigenvalue weighted by atomic mass is 16.5. The van der Waals surface area contributed by atoms with E-state index in [1.54, 1.807) is 0 Å². The molecule has 15 heavy (non-hydrogen) atoms. The fourth-order valence-electron chi connectivity index (χ4n) is 1.89. The van der Waals surface area contributed by atoms with Crippen LogP contribution < -0.4 is 11.1 Å². The Bertz CT molecular complexity index is 200. The first kappa shape index (κ1) is 12.5. The standard InChI is InChI=1S/C11H22N2O2/c1-3-11(4-2,8-12)13-10(14)9-6-5-7-15-9/h9H,3-8,12H2,1-2H3,(H,13,14)/t9-/m1/s1. The van der Waals surface area contributed by atoms with E-state index >= 15 is 0 Å². The molecule has 1 rings (SSSR count). The van der Waals surface area contributed by atoms with E-state index in [0.717, 1.165) is 25.7 Å². The van der Waals surface area contributed by atoms with Crippen LogP contribution in [0.25, 0.3) is 0 Å². The molecule has 1 aliphatic rings. The summed E-state index contributed by atoms with van der Waals surface area (Å²) >= 11 is 0. The third-order valence-corrected chi connectivity index (χ3v) is 3.35. The van der Waals surface area contributed by atoms with E-state index in [4.69, 9.17) is 10.5 Å². The fourth-order valence-corrected chi connectivity index (χ4v) is 1.89. The van der Waals surface area contributed by atoms with Crippen LogP contribution in [-0.2, 0) is 9.53 Å². The molecule has 1 atom stereocenters. The third kappa shape index (κ3) is 2.92. The van der Waals surface area contributed by atoms with Gasteiger partial charge in [0.15, 0.2) is 0 Å². The van der Waals surface area contributed by atoms with Gasteiger partial charge in [-0.3, -0.25) is 4.79 Å². The maximum atomic E-state index is 11.8. The molecule has 0 aliphatic carbocycles. The molecule has 3 N–H and O–H groups in total. The molecule has 0 aromatic carbocycles. The van der Waals surface area contributed by atoms with Crippen LogP contribution in [0.4, 0.5) is 0 Å². The monoisotopic (exact) mass is 214 g/mol. The number of carbonyl (C=O) groups is 1. The Morgan fingerprint density at radius 1 is 1.53 bits per heavy atom. The van der Waals surface area contributed by atoms with E-state index in [1.807, 2.05) is 13.8 Å². The molecule has 0 aromatic heterocycles. The Labute approximate surface area is 91.5 Å². The van der Waals surface area contributed by atoms with E-state index in [9.17, 15) is 4.79 Å². The first-order valence-electron chi connectivity index (χ1n) is 5.81. The highest BCUT2D eigenvalue weighted by Gasteiger charge is 2.31. The van der Waals surface area contributed by atoms with Crippen LogP contribution in [-0.4, -0.2) is 30.7 Å². The van der Waals surface area contributed by atoms with Gasteiger partial charge in [-0.25, -0.2) is 0 Å². The van der Waals surface area contributed by atoms with Crippen molar-refractivity contribution in [3.8, 4) is 0 Å². The van der Waals surface area contributed by atoms with Gasteiger partial charge in [-0.15, -0.1) is 0 Å². The molecular weight excluding hydrogens is 192 g/mol. The first-order valence-corrected chi connectivity index (χ1v) is 5.81. The summed E-state index contributed by atoms with van der Waals surface area (Å²) in [6, 6.07) is 0. The van der Waals surface area contributed by atoms with E-state index in [0.29, 0.717) is 13.2 Å². The summed E-state index contributed by atoms with van der Waals surface area (Å²) in [4.78, 5) is 11.8.